The van der Waals surface area contributed by atoms with Crippen LogP contribution in [-0.2, 0) is 16.0 Å². The van der Waals surface area contributed by atoms with Gasteiger partial charge < -0.3 is 20.5 Å². The van der Waals surface area contributed by atoms with Gasteiger partial charge in [0.05, 0.1) is 24.7 Å². The summed E-state index contributed by atoms with van der Waals surface area (Å²) < 4.78 is 10.9. The smallest absolute Gasteiger partial charge is 0.262 e. The Morgan fingerprint density at radius 2 is 1.85 bits per heavy atom. The average Bonchev–Trinajstić information content (AvgIpc) is 2.62. The number of hydrogen-bond acceptors (Lipinski definition) is 5. The van der Waals surface area contributed by atoms with Crippen molar-refractivity contribution < 1.29 is 19.1 Å². The maximum atomic E-state index is 12.0. The molecule has 2 rings (SSSR count). The van der Waals surface area contributed by atoms with E-state index >= 15 is 0 Å². The normalized spacial score (nSPS) is 9.85. The molecule has 2 amide bonds. The first kappa shape index (κ1) is 18.8. The summed E-state index contributed by atoms with van der Waals surface area (Å²) in [6.07, 6.45) is 0.149. The molecular weight excluding hydrogens is 334 g/mol. The molecule has 0 saturated carbocycles. The van der Waals surface area contributed by atoms with Crippen LogP contribution >= 0.6 is 0 Å². The first-order valence-electron chi connectivity index (χ1n) is 7.98. The van der Waals surface area contributed by atoms with Crippen molar-refractivity contribution in [2.45, 2.75) is 13.3 Å². The highest BCUT2D eigenvalue weighted by molar-refractivity contribution is 5.92. The summed E-state index contributed by atoms with van der Waals surface area (Å²) in [7, 11) is 0. The zero-order chi connectivity index (χ0) is 18.9. The molecule has 0 bridgehead atoms. The fourth-order valence-electron chi connectivity index (χ4n) is 2.21. The Hall–Kier alpha value is -3.53. The van der Waals surface area contributed by atoms with Gasteiger partial charge in [0.2, 0.25) is 5.91 Å². The van der Waals surface area contributed by atoms with Gasteiger partial charge >= 0.3 is 0 Å². The maximum absolute atomic E-state index is 12.0. The van der Waals surface area contributed by atoms with E-state index in [2.05, 4.69) is 5.32 Å². The van der Waals surface area contributed by atoms with Gasteiger partial charge in [0.15, 0.2) is 18.1 Å². The predicted molar refractivity (Wildman–Crippen MR) is 95.8 cm³/mol. The molecular formula is C19H19N3O4. The van der Waals surface area contributed by atoms with Gasteiger partial charge in [-0.25, -0.2) is 0 Å². The molecule has 0 aliphatic heterocycles. The highest BCUT2D eigenvalue weighted by atomic mass is 16.5. The van der Waals surface area contributed by atoms with Gasteiger partial charge in [-0.1, -0.05) is 12.1 Å². The number of ether oxygens (including phenoxy) is 2. The first-order valence-corrected chi connectivity index (χ1v) is 7.98. The van der Waals surface area contributed by atoms with E-state index in [1.165, 1.54) is 0 Å². The highest BCUT2D eigenvalue weighted by Crippen LogP contribution is 2.28. The molecule has 2 aromatic rings. The standard InChI is InChI=1S/C19H19N3O4/c1-2-25-17-9-14(11-20)5-8-16(17)26-12-19(24)22-15-6-3-13(4-7-15)10-18(21)23/h3-9H,2,10,12H2,1H3,(H2,21,23)(H,22,24). The second-order valence-electron chi connectivity index (χ2n) is 5.38. The molecule has 3 N–H and O–H groups in total. The van der Waals surface area contributed by atoms with Crippen molar-refractivity contribution in [1.29, 1.82) is 5.26 Å². The summed E-state index contributed by atoms with van der Waals surface area (Å²) in [5.74, 6) is 0.0372. The van der Waals surface area contributed by atoms with E-state index in [4.69, 9.17) is 20.5 Å². The maximum Gasteiger partial charge on any atom is 0.262 e. The molecule has 2 aromatic carbocycles. The van der Waals surface area contributed by atoms with Crippen molar-refractivity contribution in [2.75, 3.05) is 18.5 Å². The van der Waals surface area contributed by atoms with Crippen molar-refractivity contribution >= 4 is 17.5 Å². The third-order valence-electron chi connectivity index (χ3n) is 3.35. The van der Waals surface area contributed by atoms with Gasteiger partial charge in [-0.15, -0.1) is 0 Å². The quantitative estimate of drug-likeness (QED) is 0.753. The fraction of sp³-hybridized carbons (Fsp3) is 0.211. The molecule has 0 aliphatic carbocycles. The molecule has 0 radical (unpaired) electrons. The highest BCUT2D eigenvalue weighted by Gasteiger charge is 2.10. The van der Waals surface area contributed by atoms with Crippen molar-refractivity contribution in [2.24, 2.45) is 5.73 Å². The summed E-state index contributed by atoms with van der Waals surface area (Å²) >= 11 is 0. The zero-order valence-corrected chi connectivity index (χ0v) is 14.3. The summed E-state index contributed by atoms with van der Waals surface area (Å²) in [6.45, 7) is 2.02. The van der Waals surface area contributed by atoms with Crippen molar-refractivity contribution in [3.8, 4) is 17.6 Å². The molecule has 134 valence electrons. The van der Waals surface area contributed by atoms with E-state index in [1.54, 1.807) is 42.5 Å². The Labute approximate surface area is 151 Å². The molecule has 0 heterocycles. The Balaban J connectivity index is 1.94. The van der Waals surface area contributed by atoms with Crippen LogP contribution in [0.5, 0.6) is 11.5 Å². The molecule has 0 aliphatic rings. The lowest BCUT2D eigenvalue weighted by Crippen LogP contribution is -2.20. The molecule has 0 unspecified atom stereocenters. The molecule has 7 nitrogen and oxygen atoms in total. The lowest BCUT2D eigenvalue weighted by atomic mass is 10.1. The van der Waals surface area contributed by atoms with Crippen LogP contribution in [-0.4, -0.2) is 25.0 Å². The number of benzene rings is 2. The lowest BCUT2D eigenvalue weighted by molar-refractivity contribution is -0.118. The minimum Gasteiger partial charge on any atom is -0.490 e. The lowest BCUT2D eigenvalue weighted by Gasteiger charge is -2.12. The monoisotopic (exact) mass is 353 g/mol. The number of nitrogens with two attached hydrogens (primary N) is 1. The molecule has 0 atom stereocenters. The molecule has 0 saturated heterocycles. The van der Waals surface area contributed by atoms with Crippen molar-refractivity contribution in [3.05, 3.63) is 53.6 Å². The number of rotatable bonds is 8. The van der Waals surface area contributed by atoms with E-state index < -0.39 is 5.91 Å². The van der Waals surface area contributed by atoms with Crippen LogP contribution in [0.15, 0.2) is 42.5 Å². The van der Waals surface area contributed by atoms with Gasteiger partial charge in [-0.3, -0.25) is 9.59 Å². The third kappa shape index (κ3) is 5.53. The van der Waals surface area contributed by atoms with Gasteiger partial charge in [-0.05, 0) is 36.8 Å². The average molecular weight is 353 g/mol. The van der Waals surface area contributed by atoms with Gasteiger partial charge in [-0.2, -0.15) is 5.26 Å². The number of hydrogen-bond donors (Lipinski definition) is 2. The van der Waals surface area contributed by atoms with Crippen LogP contribution in [0.25, 0.3) is 0 Å². The van der Waals surface area contributed by atoms with Crippen LogP contribution in [0, 0.1) is 11.3 Å². The number of nitrogens with zero attached hydrogens (tertiary/aromatic N) is 1. The van der Waals surface area contributed by atoms with Gasteiger partial charge in [0.25, 0.3) is 5.91 Å². The molecule has 0 aromatic heterocycles. The number of carbonyl (C=O) groups excluding carboxylic acids is 2. The summed E-state index contributed by atoms with van der Waals surface area (Å²) in [4.78, 5) is 22.9. The summed E-state index contributed by atoms with van der Waals surface area (Å²) in [5, 5.41) is 11.6. The minimum absolute atomic E-state index is 0.149. The number of anilines is 1. The summed E-state index contributed by atoms with van der Waals surface area (Å²) in [5.41, 5.74) is 6.93. The number of carbonyl (C=O) groups is 2. The molecule has 7 heteroatoms. The Morgan fingerprint density at radius 3 is 2.46 bits per heavy atom. The van der Waals surface area contributed by atoms with Gasteiger partial charge in [0, 0.05) is 11.8 Å². The van der Waals surface area contributed by atoms with Gasteiger partial charge in [0.1, 0.15) is 0 Å². The molecule has 26 heavy (non-hydrogen) atoms. The Bertz CT molecular complexity index is 826. The Kier molecular flexibility index (Phi) is 6.57. The second-order valence-corrected chi connectivity index (χ2v) is 5.38. The predicted octanol–water partition coefficient (Wildman–Crippen LogP) is 2.00. The topological polar surface area (TPSA) is 114 Å². The van der Waals surface area contributed by atoms with E-state index in [1.807, 2.05) is 13.0 Å². The largest absolute Gasteiger partial charge is 0.490 e. The van der Waals surface area contributed by atoms with Crippen molar-refractivity contribution in [3.63, 3.8) is 0 Å². The van der Waals surface area contributed by atoms with Crippen LogP contribution in [0.2, 0.25) is 0 Å². The van der Waals surface area contributed by atoms with Crippen LogP contribution in [0.1, 0.15) is 18.1 Å². The van der Waals surface area contributed by atoms with E-state index in [0.717, 1.165) is 5.56 Å². The van der Waals surface area contributed by atoms with E-state index in [0.29, 0.717) is 29.4 Å². The number of nitrogens with one attached hydrogen (secondary N) is 1. The van der Waals surface area contributed by atoms with Crippen LogP contribution < -0.4 is 20.5 Å². The summed E-state index contributed by atoms with van der Waals surface area (Å²) in [6, 6.07) is 13.6. The van der Waals surface area contributed by atoms with E-state index in [-0.39, 0.29) is 18.9 Å². The minimum atomic E-state index is -0.414. The third-order valence-corrected chi connectivity index (χ3v) is 3.35. The fourth-order valence-corrected chi connectivity index (χ4v) is 2.21. The molecule has 0 spiro atoms. The number of primary amides is 1. The number of amides is 2. The van der Waals surface area contributed by atoms with E-state index in [9.17, 15) is 9.59 Å². The Morgan fingerprint density at radius 1 is 1.12 bits per heavy atom. The van der Waals surface area contributed by atoms with Crippen LogP contribution in [0.3, 0.4) is 0 Å². The second kappa shape index (κ2) is 9.08. The SMILES string of the molecule is CCOc1cc(C#N)ccc1OCC(=O)Nc1ccc(CC(N)=O)cc1. The number of nitriles is 1. The van der Waals surface area contributed by atoms with Crippen LogP contribution in [0.4, 0.5) is 5.69 Å². The first-order chi connectivity index (χ1) is 12.5. The molecule has 0 fully saturated rings. The van der Waals surface area contributed by atoms with Crippen molar-refractivity contribution in [1.82, 2.24) is 0 Å². The zero-order valence-electron chi connectivity index (χ0n) is 14.3.